The van der Waals surface area contributed by atoms with Gasteiger partial charge in [0, 0.05) is 24.6 Å². The van der Waals surface area contributed by atoms with Crippen molar-refractivity contribution in [1.82, 2.24) is 5.32 Å². The number of hydrogen-bond acceptors (Lipinski definition) is 2. The average molecular weight is 241 g/mol. The minimum Gasteiger partial charge on any atom is -0.381 e. The topological polar surface area (TPSA) is 21.3 Å². The molecule has 2 nitrogen and oxygen atoms in total. The van der Waals surface area contributed by atoms with Gasteiger partial charge in [-0.05, 0) is 31.1 Å². The van der Waals surface area contributed by atoms with E-state index in [-0.39, 0.29) is 0 Å². The predicted molar refractivity (Wildman–Crippen MR) is 74.3 cm³/mol. The number of ether oxygens (including phenoxy) is 1. The van der Waals surface area contributed by atoms with Crippen LogP contribution in [0.15, 0.2) is 0 Å². The lowest BCUT2D eigenvalue weighted by atomic mass is 9.74. The molecule has 0 aliphatic carbocycles. The quantitative estimate of drug-likeness (QED) is 0.794. The fourth-order valence-corrected chi connectivity index (χ4v) is 2.40. The van der Waals surface area contributed by atoms with Gasteiger partial charge in [-0.15, -0.1) is 0 Å². The summed E-state index contributed by atoms with van der Waals surface area (Å²) in [5.74, 6) is 0. The third-order valence-electron chi connectivity index (χ3n) is 3.69. The molecule has 0 aromatic rings. The van der Waals surface area contributed by atoms with E-state index in [1.807, 2.05) is 0 Å². The third kappa shape index (κ3) is 5.87. The summed E-state index contributed by atoms with van der Waals surface area (Å²) in [5, 5.41) is 3.61. The van der Waals surface area contributed by atoms with Gasteiger partial charge < -0.3 is 10.1 Å². The summed E-state index contributed by atoms with van der Waals surface area (Å²) in [6.45, 7) is 14.5. The Morgan fingerprint density at radius 2 is 2.00 bits per heavy atom. The van der Waals surface area contributed by atoms with E-state index in [1.165, 1.54) is 25.7 Å². The van der Waals surface area contributed by atoms with E-state index in [0.29, 0.717) is 16.9 Å². The zero-order chi connectivity index (χ0) is 12.9. The van der Waals surface area contributed by atoms with Gasteiger partial charge in [0.25, 0.3) is 0 Å². The van der Waals surface area contributed by atoms with Crippen LogP contribution in [0.3, 0.4) is 0 Å². The molecule has 1 atom stereocenters. The van der Waals surface area contributed by atoms with Gasteiger partial charge in [0.2, 0.25) is 0 Å². The molecule has 0 aromatic heterocycles. The molecule has 0 radical (unpaired) electrons. The van der Waals surface area contributed by atoms with Crippen molar-refractivity contribution in [3.05, 3.63) is 0 Å². The molecule has 1 fully saturated rings. The van der Waals surface area contributed by atoms with Crippen LogP contribution in [0, 0.1) is 10.8 Å². The fraction of sp³-hybridized carbons (Fsp3) is 1.00. The van der Waals surface area contributed by atoms with Crippen molar-refractivity contribution in [1.29, 1.82) is 0 Å². The lowest BCUT2D eigenvalue weighted by Gasteiger charge is -2.39. The van der Waals surface area contributed by atoms with Crippen LogP contribution < -0.4 is 5.32 Å². The molecule has 102 valence electrons. The zero-order valence-corrected chi connectivity index (χ0v) is 12.4. The molecule has 2 heteroatoms. The maximum Gasteiger partial charge on any atom is 0.0534 e. The Bertz CT molecular complexity index is 211. The van der Waals surface area contributed by atoms with Gasteiger partial charge in [0.15, 0.2) is 0 Å². The van der Waals surface area contributed by atoms with Crippen molar-refractivity contribution < 1.29 is 4.74 Å². The van der Waals surface area contributed by atoms with Crippen LogP contribution in [0.1, 0.15) is 60.3 Å². The summed E-state index contributed by atoms with van der Waals surface area (Å²) in [6.07, 6.45) is 5.12. The first kappa shape index (κ1) is 15.0. The Morgan fingerprint density at radius 3 is 2.47 bits per heavy atom. The highest BCUT2D eigenvalue weighted by Gasteiger charge is 2.33. The smallest absolute Gasteiger partial charge is 0.0534 e. The molecular weight excluding hydrogens is 210 g/mol. The molecule has 1 rings (SSSR count). The molecule has 1 N–H and O–H groups in total. The summed E-state index contributed by atoms with van der Waals surface area (Å²) in [7, 11) is 0. The second kappa shape index (κ2) is 6.19. The molecule has 1 aliphatic rings. The lowest BCUT2D eigenvalue weighted by molar-refractivity contribution is -0.0180. The molecule has 17 heavy (non-hydrogen) atoms. The molecule has 0 bridgehead atoms. The first-order valence-electron chi connectivity index (χ1n) is 7.14. The Hall–Kier alpha value is -0.0800. The van der Waals surface area contributed by atoms with E-state index in [0.717, 1.165) is 19.8 Å². The number of rotatable bonds is 5. The van der Waals surface area contributed by atoms with Gasteiger partial charge in [0.05, 0.1) is 6.61 Å². The minimum atomic E-state index is 0.385. The SMILES string of the molecule is CC(C)NCC1(CCC(C)(C)C)CCCOC1. The lowest BCUT2D eigenvalue weighted by Crippen LogP contribution is -2.43. The first-order valence-corrected chi connectivity index (χ1v) is 7.14. The van der Waals surface area contributed by atoms with E-state index in [9.17, 15) is 0 Å². The molecule has 1 unspecified atom stereocenters. The summed E-state index contributed by atoms with van der Waals surface area (Å²) >= 11 is 0. The normalized spacial score (nSPS) is 26.5. The molecule has 1 heterocycles. The maximum absolute atomic E-state index is 5.74. The Kier molecular flexibility index (Phi) is 5.46. The van der Waals surface area contributed by atoms with Crippen LogP contribution in [-0.4, -0.2) is 25.8 Å². The highest BCUT2D eigenvalue weighted by atomic mass is 16.5. The number of hydrogen-bond donors (Lipinski definition) is 1. The average Bonchev–Trinajstić information content (AvgIpc) is 2.25. The Morgan fingerprint density at radius 1 is 1.29 bits per heavy atom. The Labute approximate surface area is 108 Å². The van der Waals surface area contributed by atoms with Crippen molar-refractivity contribution in [2.24, 2.45) is 10.8 Å². The maximum atomic E-state index is 5.74. The first-order chi connectivity index (χ1) is 7.83. The van der Waals surface area contributed by atoms with Crippen molar-refractivity contribution in [3.63, 3.8) is 0 Å². The van der Waals surface area contributed by atoms with E-state index >= 15 is 0 Å². The van der Waals surface area contributed by atoms with Crippen LogP contribution in [0.25, 0.3) is 0 Å². The molecule has 0 aromatic carbocycles. The summed E-state index contributed by atoms with van der Waals surface area (Å²) in [5.41, 5.74) is 0.818. The van der Waals surface area contributed by atoms with Crippen molar-refractivity contribution in [3.8, 4) is 0 Å². The third-order valence-corrected chi connectivity index (χ3v) is 3.69. The Balaban J connectivity index is 2.52. The van der Waals surface area contributed by atoms with Crippen molar-refractivity contribution in [2.45, 2.75) is 66.3 Å². The molecule has 1 saturated heterocycles. The van der Waals surface area contributed by atoms with E-state index < -0.39 is 0 Å². The minimum absolute atomic E-state index is 0.385. The molecule has 1 aliphatic heterocycles. The van der Waals surface area contributed by atoms with Gasteiger partial charge in [-0.25, -0.2) is 0 Å². The molecule has 0 spiro atoms. The van der Waals surface area contributed by atoms with Crippen molar-refractivity contribution in [2.75, 3.05) is 19.8 Å². The fourth-order valence-electron chi connectivity index (χ4n) is 2.40. The van der Waals surface area contributed by atoms with Gasteiger partial charge in [-0.2, -0.15) is 0 Å². The van der Waals surface area contributed by atoms with Crippen LogP contribution in [0.2, 0.25) is 0 Å². The molecular formula is C15H31NO. The summed E-state index contributed by atoms with van der Waals surface area (Å²) in [4.78, 5) is 0. The van der Waals surface area contributed by atoms with Crippen LogP contribution in [-0.2, 0) is 4.74 Å². The second-order valence-electron chi connectivity index (χ2n) is 7.25. The monoisotopic (exact) mass is 241 g/mol. The van der Waals surface area contributed by atoms with Gasteiger partial charge in [0.1, 0.15) is 0 Å². The second-order valence-corrected chi connectivity index (χ2v) is 7.25. The van der Waals surface area contributed by atoms with Gasteiger partial charge in [-0.3, -0.25) is 0 Å². The van der Waals surface area contributed by atoms with Crippen molar-refractivity contribution >= 4 is 0 Å². The number of nitrogens with one attached hydrogen (secondary N) is 1. The summed E-state index contributed by atoms with van der Waals surface area (Å²) in [6, 6.07) is 0.573. The summed E-state index contributed by atoms with van der Waals surface area (Å²) < 4.78 is 5.74. The van der Waals surface area contributed by atoms with E-state index in [1.54, 1.807) is 0 Å². The molecule has 0 amide bonds. The van der Waals surface area contributed by atoms with Gasteiger partial charge >= 0.3 is 0 Å². The van der Waals surface area contributed by atoms with E-state index in [4.69, 9.17) is 4.74 Å². The standard InChI is InChI=1S/C15H31NO/c1-13(2)16-11-15(7-6-10-17-12-15)9-8-14(3,4)5/h13,16H,6-12H2,1-5H3. The van der Waals surface area contributed by atoms with Crippen LogP contribution >= 0.6 is 0 Å². The predicted octanol–water partition coefficient (Wildman–Crippen LogP) is 3.61. The molecule has 0 saturated carbocycles. The zero-order valence-electron chi connectivity index (χ0n) is 12.4. The van der Waals surface area contributed by atoms with Crippen LogP contribution in [0.5, 0.6) is 0 Å². The van der Waals surface area contributed by atoms with E-state index in [2.05, 4.69) is 39.9 Å². The van der Waals surface area contributed by atoms with Gasteiger partial charge in [-0.1, -0.05) is 34.6 Å². The highest BCUT2D eigenvalue weighted by molar-refractivity contribution is 4.86. The largest absolute Gasteiger partial charge is 0.381 e. The highest BCUT2D eigenvalue weighted by Crippen LogP contribution is 2.36. The van der Waals surface area contributed by atoms with Crippen LogP contribution in [0.4, 0.5) is 0 Å².